The molecule has 2 aromatic rings. The van der Waals surface area contributed by atoms with Crippen molar-refractivity contribution in [3.63, 3.8) is 0 Å². The van der Waals surface area contributed by atoms with Crippen LogP contribution < -0.4 is 0 Å². The van der Waals surface area contributed by atoms with Gasteiger partial charge in [-0.2, -0.15) is 0 Å². The van der Waals surface area contributed by atoms with Crippen molar-refractivity contribution in [1.82, 2.24) is 9.97 Å². The Hall–Kier alpha value is -1.39. The summed E-state index contributed by atoms with van der Waals surface area (Å²) in [4.78, 5) is 9.58. The molecule has 0 aliphatic carbocycles. The van der Waals surface area contributed by atoms with Gasteiger partial charge in [0.25, 0.3) is 0 Å². The van der Waals surface area contributed by atoms with E-state index < -0.39 is 0 Å². The molecule has 0 amide bonds. The molecule has 0 aliphatic rings. The van der Waals surface area contributed by atoms with Gasteiger partial charge < -0.3 is 5.11 Å². The molecule has 0 radical (unpaired) electrons. The van der Waals surface area contributed by atoms with Gasteiger partial charge >= 0.3 is 0 Å². The van der Waals surface area contributed by atoms with Crippen molar-refractivity contribution in [2.45, 2.75) is 30.5 Å². The molecule has 88 valence electrons. The molecular formula is C13H14N2OS. The molecule has 4 heteroatoms. The molecule has 1 heterocycles. The minimum Gasteiger partial charge on any atom is -0.392 e. The SMILES string of the molecule is Cc1ccc(C)c(Sc2ncc(CO)cn2)c1. The van der Waals surface area contributed by atoms with Crippen LogP contribution in [0.3, 0.4) is 0 Å². The number of aliphatic hydroxyl groups excluding tert-OH is 1. The van der Waals surface area contributed by atoms with Gasteiger partial charge in [-0.05, 0) is 42.8 Å². The Morgan fingerprint density at radius 3 is 2.53 bits per heavy atom. The Morgan fingerprint density at radius 1 is 1.18 bits per heavy atom. The average molecular weight is 246 g/mol. The fraction of sp³-hybridized carbons (Fsp3) is 0.231. The van der Waals surface area contributed by atoms with Crippen LogP contribution in [-0.2, 0) is 6.61 Å². The lowest BCUT2D eigenvalue weighted by Crippen LogP contribution is -1.91. The van der Waals surface area contributed by atoms with Gasteiger partial charge in [-0.3, -0.25) is 0 Å². The second-order valence-corrected chi connectivity index (χ2v) is 4.91. The Kier molecular flexibility index (Phi) is 3.76. The summed E-state index contributed by atoms with van der Waals surface area (Å²) in [7, 11) is 0. The Morgan fingerprint density at radius 2 is 1.88 bits per heavy atom. The molecule has 0 spiro atoms. The van der Waals surface area contributed by atoms with E-state index in [1.807, 2.05) is 0 Å². The van der Waals surface area contributed by atoms with E-state index in [0.29, 0.717) is 5.16 Å². The highest BCUT2D eigenvalue weighted by molar-refractivity contribution is 7.99. The third-order valence-electron chi connectivity index (χ3n) is 2.41. The van der Waals surface area contributed by atoms with Crippen molar-refractivity contribution >= 4 is 11.8 Å². The van der Waals surface area contributed by atoms with Gasteiger partial charge in [0.15, 0.2) is 5.16 Å². The molecule has 1 aromatic heterocycles. The first kappa shape index (κ1) is 12.1. The summed E-state index contributed by atoms with van der Waals surface area (Å²) < 4.78 is 0. The third kappa shape index (κ3) is 3.05. The third-order valence-corrected chi connectivity index (χ3v) is 3.46. The highest BCUT2D eigenvalue weighted by Gasteiger charge is 2.04. The smallest absolute Gasteiger partial charge is 0.192 e. The van der Waals surface area contributed by atoms with E-state index in [2.05, 4.69) is 42.0 Å². The monoisotopic (exact) mass is 246 g/mol. The zero-order valence-electron chi connectivity index (χ0n) is 9.84. The van der Waals surface area contributed by atoms with Gasteiger partial charge in [0.1, 0.15) is 0 Å². The lowest BCUT2D eigenvalue weighted by atomic mass is 10.2. The fourth-order valence-electron chi connectivity index (χ4n) is 1.39. The zero-order valence-corrected chi connectivity index (χ0v) is 10.7. The molecule has 0 fully saturated rings. The van der Waals surface area contributed by atoms with Crippen molar-refractivity contribution in [3.8, 4) is 0 Å². The molecule has 0 atom stereocenters. The van der Waals surface area contributed by atoms with Crippen molar-refractivity contribution in [2.75, 3.05) is 0 Å². The molecule has 17 heavy (non-hydrogen) atoms. The minimum atomic E-state index is -0.0194. The fourth-order valence-corrected chi connectivity index (χ4v) is 2.27. The van der Waals surface area contributed by atoms with Crippen LogP contribution in [-0.4, -0.2) is 15.1 Å². The van der Waals surface area contributed by atoms with E-state index in [4.69, 9.17) is 5.11 Å². The quantitative estimate of drug-likeness (QED) is 0.846. The summed E-state index contributed by atoms with van der Waals surface area (Å²) in [5.41, 5.74) is 3.18. The average Bonchev–Trinajstić information content (AvgIpc) is 2.35. The van der Waals surface area contributed by atoms with Crippen LogP contribution in [0.25, 0.3) is 0 Å². The Labute approximate surface area is 105 Å². The van der Waals surface area contributed by atoms with Crippen molar-refractivity contribution in [2.24, 2.45) is 0 Å². The molecule has 3 nitrogen and oxygen atoms in total. The normalized spacial score (nSPS) is 10.5. The van der Waals surface area contributed by atoms with Crippen LogP contribution in [0, 0.1) is 13.8 Å². The number of hydrogen-bond acceptors (Lipinski definition) is 4. The highest BCUT2D eigenvalue weighted by atomic mass is 32.2. The van der Waals surface area contributed by atoms with Gasteiger partial charge in [-0.15, -0.1) is 0 Å². The largest absolute Gasteiger partial charge is 0.392 e. The lowest BCUT2D eigenvalue weighted by molar-refractivity contribution is 0.280. The van der Waals surface area contributed by atoms with Crippen LogP contribution in [0.4, 0.5) is 0 Å². The van der Waals surface area contributed by atoms with E-state index in [1.165, 1.54) is 16.0 Å². The molecular weight excluding hydrogens is 232 g/mol. The first-order valence-corrected chi connectivity index (χ1v) is 6.17. The number of aromatic nitrogens is 2. The summed E-state index contributed by atoms with van der Waals surface area (Å²) in [6, 6.07) is 6.32. The topological polar surface area (TPSA) is 46.0 Å². The van der Waals surface area contributed by atoms with Crippen LogP contribution in [0.5, 0.6) is 0 Å². The van der Waals surface area contributed by atoms with Crippen molar-refractivity contribution in [3.05, 3.63) is 47.3 Å². The Bertz CT molecular complexity index is 511. The number of rotatable bonds is 3. The molecule has 2 rings (SSSR count). The molecule has 0 aliphatic heterocycles. The Balaban J connectivity index is 2.22. The molecule has 0 saturated carbocycles. The van der Waals surface area contributed by atoms with Gasteiger partial charge in [-0.1, -0.05) is 12.1 Å². The van der Waals surface area contributed by atoms with Gasteiger partial charge in [0.2, 0.25) is 0 Å². The van der Waals surface area contributed by atoms with Crippen LogP contribution in [0.15, 0.2) is 40.6 Å². The minimum absolute atomic E-state index is 0.0194. The summed E-state index contributed by atoms with van der Waals surface area (Å²) in [5, 5.41) is 9.62. The molecule has 0 bridgehead atoms. The summed E-state index contributed by atoms with van der Waals surface area (Å²) >= 11 is 1.54. The maximum Gasteiger partial charge on any atom is 0.192 e. The van der Waals surface area contributed by atoms with Crippen molar-refractivity contribution in [1.29, 1.82) is 0 Å². The van der Waals surface area contributed by atoms with Crippen LogP contribution in [0.1, 0.15) is 16.7 Å². The zero-order chi connectivity index (χ0) is 12.3. The maximum atomic E-state index is 8.91. The number of aliphatic hydroxyl groups is 1. The van der Waals surface area contributed by atoms with Crippen LogP contribution in [0.2, 0.25) is 0 Å². The van der Waals surface area contributed by atoms with Gasteiger partial charge in [-0.25, -0.2) is 9.97 Å². The van der Waals surface area contributed by atoms with E-state index in [1.54, 1.807) is 24.2 Å². The van der Waals surface area contributed by atoms with E-state index in [-0.39, 0.29) is 6.61 Å². The van der Waals surface area contributed by atoms with E-state index in [0.717, 1.165) is 5.56 Å². The number of benzene rings is 1. The number of aryl methyl sites for hydroxylation is 2. The lowest BCUT2D eigenvalue weighted by Gasteiger charge is -2.05. The van der Waals surface area contributed by atoms with E-state index >= 15 is 0 Å². The first-order chi connectivity index (χ1) is 8.19. The molecule has 0 saturated heterocycles. The summed E-state index contributed by atoms with van der Waals surface area (Å²) in [5.74, 6) is 0. The standard InChI is InChI=1S/C13H14N2OS/c1-9-3-4-10(2)12(5-9)17-13-14-6-11(8-16)7-15-13/h3-7,16H,8H2,1-2H3. The van der Waals surface area contributed by atoms with E-state index in [9.17, 15) is 0 Å². The first-order valence-electron chi connectivity index (χ1n) is 5.36. The maximum absolute atomic E-state index is 8.91. The van der Waals surface area contributed by atoms with Crippen molar-refractivity contribution < 1.29 is 5.11 Å². The van der Waals surface area contributed by atoms with Crippen LogP contribution >= 0.6 is 11.8 Å². The number of hydrogen-bond donors (Lipinski definition) is 1. The number of nitrogens with zero attached hydrogens (tertiary/aromatic N) is 2. The summed E-state index contributed by atoms with van der Waals surface area (Å²) in [6.45, 7) is 4.12. The molecule has 0 unspecified atom stereocenters. The molecule has 1 aromatic carbocycles. The van der Waals surface area contributed by atoms with Gasteiger partial charge in [0.05, 0.1) is 6.61 Å². The predicted molar refractivity (Wildman–Crippen MR) is 68.0 cm³/mol. The highest BCUT2D eigenvalue weighted by Crippen LogP contribution is 2.28. The molecule has 1 N–H and O–H groups in total. The predicted octanol–water partition coefficient (Wildman–Crippen LogP) is 2.74. The summed E-state index contributed by atoms with van der Waals surface area (Å²) in [6.07, 6.45) is 3.31. The van der Waals surface area contributed by atoms with Gasteiger partial charge in [0, 0.05) is 22.9 Å². The second-order valence-electron chi connectivity index (χ2n) is 3.90. The second kappa shape index (κ2) is 5.29.